The van der Waals surface area contributed by atoms with Gasteiger partial charge in [-0.1, -0.05) is 43.7 Å². The molecular formula is C24H28NO3+. The number of fused-ring (bicyclic) bond motifs is 1. The minimum Gasteiger partial charge on any atom is -0.507 e. The SMILES string of the molecule is CCCc1cc2c(-c3ccccc3)cc(=O)oc2c(C[NH+]2CCCCC2)c1O. The zero-order valence-corrected chi connectivity index (χ0v) is 16.5. The lowest BCUT2D eigenvalue weighted by Gasteiger charge is -2.24. The third-order valence-corrected chi connectivity index (χ3v) is 5.77. The molecule has 4 nitrogen and oxygen atoms in total. The van der Waals surface area contributed by atoms with Crippen molar-refractivity contribution in [2.24, 2.45) is 0 Å². The predicted octanol–water partition coefficient (Wildman–Crippen LogP) is 3.69. The van der Waals surface area contributed by atoms with Crippen LogP contribution in [0.1, 0.15) is 43.7 Å². The van der Waals surface area contributed by atoms with Gasteiger partial charge in [0.05, 0.1) is 18.7 Å². The third kappa shape index (κ3) is 3.69. The van der Waals surface area contributed by atoms with Crippen molar-refractivity contribution >= 4 is 11.0 Å². The van der Waals surface area contributed by atoms with Crippen LogP contribution < -0.4 is 10.5 Å². The van der Waals surface area contributed by atoms with Crippen LogP contribution in [0, 0.1) is 0 Å². The molecule has 1 aromatic heterocycles. The van der Waals surface area contributed by atoms with Crippen LogP contribution in [-0.2, 0) is 13.0 Å². The van der Waals surface area contributed by atoms with E-state index in [0.717, 1.165) is 53.6 Å². The molecule has 4 rings (SSSR count). The molecule has 0 spiro atoms. The molecule has 1 saturated heterocycles. The van der Waals surface area contributed by atoms with E-state index in [1.54, 1.807) is 6.07 Å². The van der Waals surface area contributed by atoms with Crippen molar-refractivity contribution in [2.45, 2.75) is 45.6 Å². The Hall–Kier alpha value is -2.59. The lowest BCUT2D eigenvalue weighted by Crippen LogP contribution is -3.11. The van der Waals surface area contributed by atoms with Gasteiger partial charge in [-0.2, -0.15) is 0 Å². The van der Waals surface area contributed by atoms with Crippen molar-refractivity contribution < 1.29 is 14.4 Å². The van der Waals surface area contributed by atoms with Crippen LogP contribution in [0.3, 0.4) is 0 Å². The van der Waals surface area contributed by atoms with Gasteiger partial charge >= 0.3 is 5.63 Å². The fourth-order valence-corrected chi connectivity index (χ4v) is 4.37. The fraction of sp³-hybridized carbons (Fsp3) is 0.375. The Kier molecular flexibility index (Phi) is 5.49. The van der Waals surface area contributed by atoms with E-state index >= 15 is 0 Å². The van der Waals surface area contributed by atoms with Gasteiger partial charge in [0.2, 0.25) is 0 Å². The Morgan fingerprint density at radius 3 is 2.54 bits per heavy atom. The first kappa shape index (κ1) is 18.8. The molecule has 3 aromatic rings. The van der Waals surface area contributed by atoms with Crippen molar-refractivity contribution in [1.29, 1.82) is 0 Å². The molecule has 0 bridgehead atoms. The number of benzene rings is 2. The Balaban J connectivity index is 1.94. The molecule has 2 N–H and O–H groups in total. The summed E-state index contributed by atoms with van der Waals surface area (Å²) in [6.07, 6.45) is 5.45. The summed E-state index contributed by atoms with van der Waals surface area (Å²) >= 11 is 0. The summed E-state index contributed by atoms with van der Waals surface area (Å²) in [5, 5.41) is 11.9. The second-order valence-corrected chi connectivity index (χ2v) is 7.82. The van der Waals surface area contributed by atoms with E-state index in [1.807, 2.05) is 36.4 Å². The molecular weight excluding hydrogens is 350 g/mol. The molecule has 4 heteroatoms. The van der Waals surface area contributed by atoms with Crippen molar-refractivity contribution in [1.82, 2.24) is 0 Å². The van der Waals surface area contributed by atoms with Gasteiger partial charge in [-0.05, 0) is 48.4 Å². The van der Waals surface area contributed by atoms with Crippen LogP contribution in [0.2, 0.25) is 0 Å². The largest absolute Gasteiger partial charge is 0.507 e. The van der Waals surface area contributed by atoms with E-state index in [0.29, 0.717) is 17.9 Å². The first-order valence-electron chi connectivity index (χ1n) is 10.4. The maximum atomic E-state index is 12.4. The molecule has 1 fully saturated rings. The minimum atomic E-state index is -0.371. The van der Waals surface area contributed by atoms with E-state index in [2.05, 4.69) is 6.92 Å². The molecule has 0 aliphatic carbocycles. The summed E-state index contributed by atoms with van der Waals surface area (Å²) in [7, 11) is 0. The molecule has 146 valence electrons. The molecule has 1 aliphatic rings. The van der Waals surface area contributed by atoms with Gasteiger partial charge in [0.15, 0.2) is 5.58 Å². The van der Waals surface area contributed by atoms with Gasteiger partial charge in [-0.25, -0.2) is 4.79 Å². The van der Waals surface area contributed by atoms with E-state index in [9.17, 15) is 9.90 Å². The molecule has 0 saturated carbocycles. The van der Waals surface area contributed by atoms with Crippen LogP contribution in [0.5, 0.6) is 5.75 Å². The molecule has 0 radical (unpaired) electrons. The van der Waals surface area contributed by atoms with Crippen molar-refractivity contribution in [3.05, 3.63) is 64.0 Å². The summed E-state index contributed by atoms with van der Waals surface area (Å²) in [6.45, 7) is 5.01. The highest BCUT2D eigenvalue weighted by Gasteiger charge is 2.23. The number of rotatable bonds is 5. The standard InChI is InChI=1S/C24H27NO3/c1-2-9-18-14-20-19(17-10-5-3-6-11-17)15-22(26)28-24(20)21(23(18)27)16-25-12-7-4-8-13-25/h3,5-6,10-11,14-15,27H,2,4,7-9,12-13,16H2,1H3/p+1. The smallest absolute Gasteiger partial charge is 0.336 e. The summed E-state index contributed by atoms with van der Waals surface area (Å²) in [5.41, 5.74) is 3.76. The molecule has 1 aliphatic heterocycles. The van der Waals surface area contributed by atoms with Crippen molar-refractivity contribution in [2.75, 3.05) is 13.1 Å². The van der Waals surface area contributed by atoms with Crippen LogP contribution in [0.25, 0.3) is 22.1 Å². The highest BCUT2D eigenvalue weighted by Crippen LogP contribution is 2.36. The van der Waals surface area contributed by atoms with Gasteiger partial charge in [0, 0.05) is 11.5 Å². The summed E-state index contributed by atoms with van der Waals surface area (Å²) in [4.78, 5) is 13.8. The number of phenolic OH excluding ortho intramolecular Hbond substituents is 1. The Labute approximate surface area is 165 Å². The number of phenols is 1. The first-order valence-corrected chi connectivity index (χ1v) is 10.4. The third-order valence-electron chi connectivity index (χ3n) is 5.77. The Bertz CT molecular complexity index is 1020. The van der Waals surface area contributed by atoms with Gasteiger partial charge in [0.1, 0.15) is 12.3 Å². The number of piperidine rings is 1. The zero-order chi connectivity index (χ0) is 19.5. The van der Waals surface area contributed by atoms with Crippen molar-refractivity contribution in [3.63, 3.8) is 0 Å². The average Bonchev–Trinajstić information content (AvgIpc) is 2.72. The second kappa shape index (κ2) is 8.19. The quantitative estimate of drug-likeness (QED) is 0.666. The van der Waals surface area contributed by atoms with Gasteiger partial charge < -0.3 is 14.4 Å². The monoisotopic (exact) mass is 378 g/mol. The lowest BCUT2D eigenvalue weighted by atomic mass is 9.95. The molecule has 28 heavy (non-hydrogen) atoms. The van der Waals surface area contributed by atoms with Crippen LogP contribution >= 0.6 is 0 Å². The van der Waals surface area contributed by atoms with Gasteiger partial charge in [0.25, 0.3) is 0 Å². The molecule has 0 amide bonds. The topological polar surface area (TPSA) is 54.9 Å². The predicted molar refractivity (Wildman–Crippen MR) is 112 cm³/mol. The molecule has 0 atom stereocenters. The number of nitrogens with one attached hydrogen (secondary N) is 1. The van der Waals surface area contributed by atoms with Crippen LogP contribution in [-0.4, -0.2) is 18.2 Å². The highest BCUT2D eigenvalue weighted by molar-refractivity contribution is 5.96. The molecule has 2 heterocycles. The van der Waals surface area contributed by atoms with Crippen molar-refractivity contribution in [3.8, 4) is 16.9 Å². The maximum absolute atomic E-state index is 12.4. The lowest BCUT2D eigenvalue weighted by molar-refractivity contribution is -0.918. The molecule has 2 aromatic carbocycles. The molecule has 0 unspecified atom stereocenters. The number of aromatic hydroxyl groups is 1. The number of likely N-dealkylation sites (tertiary alicyclic amines) is 1. The normalized spacial score (nSPS) is 15.2. The number of hydrogen-bond donors (Lipinski definition) is 2. The number of aryl methyl sites for hydroxylation is 1. The first-order chi connectivity index (χ1) is 13.7. The van der Waals surface area contributed by atoms with E-state index in [4.69, 9.17) is 4.42 Å². The van der Waals surface area contributed by atoms with Gasteiger partial charge in [-0.15, -0.1) is 0 Å². The average molecular weight is 378 g/mol. The number of hydrogen-bond acceptors (Lipinski definition) is 3. The van der Waals surface area contributed by atoms with Crippen LogP contribution in [0.15, 0.2) is 51.7 Å². The highest BCUT2D eigenvalue weighted by atomic mass is 16.4. The summed E-state index contributed by atoms with van der Waals surface area (Å²) in [6, 6.07) is 13.5. The number of quaternary nitrogens is 1. The van der Waals surface area contributed by atoms with Gasteiger partial charge in [-0.3, -0.25) is 0 Å². The Morgan fingerprint density at radius 1 is 1.07 bits per heavy atom. The Morgan fingerprint density at radius 2 is 1.82 bits per heavy atom. The van der Waals surface area contributed by atoms with E-state index < -0.39 is 0 Å². The van der Waals surface area contributed by atoms with E-state index in [-0.39, 0.29) is 5.63 Å². The zero-order valence-electron chi connectivity index (χ0n) is 16.5. The van der Waals surface area contributed by atoms with Crippen LogP contribution in [0.4, 0.5) is 0 Å². The fourth-order valence-electron chi connectivity index (χ4n) is 4.37. The minimum absolute atomic E-state index is 0.306. The summed E-state index contributed by atoms with van der Waals surface area (Å²) in [5.74, 6) is 0.306. The summed E-state index contributed by atoms with van der Waals surface area (Å²) < 4.78 is 5.68. The van der Waals surface area contributed by atoms with E-state index in [1.165, 1.54) is 24.2 Å². The second-order valence-electron chi connectivity index (χ2n) is 7.82. The maximum Gasteiger partial charge on any atom is 0.336 e.